The van der Waals surface area contributed by atoms with Gasteiger partial charge in [0.1, 0.15) is 16.9 Å². The summed E-state index contributed by atoms with van der Waals surface area (Å²) in [6, 6.07) is 10.2. The minimum atomic E-state index is -0.237. The first-order chi connectivity index (χ1) is 11.7. The van der Waals surface area contributed by atoms with Gasteiger partial charge in [0.25, 0.3) is 0 Å². The molecule has 1 amide bonds. The van der Waals surface area contributed by atoms with Crippen molar-refractivity contribution >= 4 is 27.9 Å². The fourth-order valence-electron chi connectivity index (χ4n) is 2.68. The number of nitrogens with zero attached hydrogens (tertiary/aromatic N) is 3. The van der Waals surface area contributed by atoms with Crippen LogP contribution in [0, 0.1) is 17.1 Å². The molecule has 0 spiro atoms. The topological polar surface area (TPSA) is 59.4 Å². The number of anilines is 2. The Balaban J connectivity index is 1.49. The summed E-state index contributed by atoms with van der Waals surface area (Å²) in [5, 5.41) is 14.2. The average molecular weight is 344 g/mol. The lowest BCUT2D eigenvalue weighted by molar-refractivity contribution is -0.117. The number of thiophene rings is 1. The largest absolute Gasteiger partial charge is 0.369 e. The SMILES string of the molecule is N#Cc1ccsc1NC(=O)CN1CCN(c2ccc(F)cc2)CC1. The van der Waals surface area contributed by atoms with Gasteiger partial charge < -0.3 is 10.2 Å². The Hall–Kier alpha value is -2.43. The number of nitriles is 1. The molecule has 0 aliphatic carbocycles. The third kappa shape index (κ3) is 3.91. The molecule has 1 N–H and O–H groups in total. The number of hydrogen-bond acceptors (Lipinski definition) is 5. The zero-order valence-corrected chi connectivity index (χ0v) is 13.9. The molecule has 0 unspecified atom stereocenters. The van der Waals surface area contributed by atoms with Crippen LogP contribution in [0.4, 0.5) is 15.1 Å². The van der Waals surface area contributed by atoms with E-state index in [2.05, 4.69) is 21.2 Å². The van der Waals surface area contributed by atoms with Crippen LogP contribution in [0.25, 0.3) is 0 Å². The van der Waals surface area contributed by atoms with Crippen molar-refractivity contribution in [3.8, 4) is 6.07 Å². The molecule has 2 heterocycles. The molecule has 0 saturated carbocycles. The minimum Gasteiger partial charge on any atom is -0.369 e. The van der Waals surface area contributed by atoms with Crippen LogP contribution in [0.2, 0.25) is 0 Å². The highest BCUT2D eigenvalue weighted by Gasteiger charge is 2.19. The van der Waals surface area contributed by atoms with E-state index < -0.39 is 0 Å². The highest BCUT2D eigenvalue weighted by molar-refractivity contribution is 7.14. The molecule has 1 aliphatic heterocycles. The molecule has 3 rings (SSSR count). The predicted octanol–water partition coefficient (Wildman–Crippen LogP) is 2.52. The number of benzene rings is 1. The molecular weight excluding hydrogens is 327 g/mol. The maximum Gasteiger partial charge on any atom is 0.239 e. The number of hydrogen-bond donors (Lipinski definition) is 1. The second-order valence-corrected chi connectivity index (χ2v) is 6.48. The molecule has 2 aromatic rings. The molecule has 5 nitrogen and oxygen atoms in total. The van der Waals surface area contributed by atoms with E-state index in [1.165, 1.54) is 23.5 Å². The van der Waals surface area contributed by atoms with Crippen molar-refractivity contribution in [3.63, 3.8) is 0 Å². The summed E-state index contributed by atoms with van der Waals surface area (Å²) in [6.07, 6.45) is 0. The first-order valence-electron chi connectivity index (χ1n) is 7.66. The van der Waals surface area contributed by atoms with Crippen molar-refractivity contribution in [2.75, 3.05) is 42.9 Å². The van der Waals surface area contributed by atoms with E-state index in [1.807, 2.05) is 0 Å². The average Bonchev–Trinajstić information content (AvgIpc) is 3.03. The van der Waals surface area contributed by atoms with Gasteiger partial charge in [-0.3, -0.25) is 9.69 Å². The highest BCUT2D eigenvalue weighted by Crippen LogP contribution is 2.22. The van der Waals surface area contributed by atoms with Crippen molar-refractivity contribution in [1.29, 1.82) is 5.26 Å². The van der Waals surface area contributed by atoms with Gasteiger partial charge in [0, 0.05) is 31.9 Å². The number of carbonyl (C=O) groups is 1. The van der Waals surface area contributed by atoms with Gasteiger partial charge in [0.2, 0.25) is 5.91 Å². The van der Waals surface area contributed by atoms with Crippen LogP contribution < -0.4 is 10.2 Å². The van der Waals surface area contributed by atoms with Gasteiger partial charge in [-0.05, 0) is 35.7 Å². The molecule has 7 heteroatoms. The van der Waals surface area contributed by atoms with Crippen molar-refractivity contribution < 1.29 is 9.18 Å². The molecule has 1 fully saturated rings. The van der Waals surface area contributed by atoms with Gasteiger partial charge in [0.15, 0.2) is 0 Å². The van der Waals surface area contributed by atoms with Gasteiger partial charge in [-0.2, -0.15) is 5.26 Å². The normalized spacial score (nSPS) is 15.1. The predicted molar refractivity (Wildman–Crippen MR) is 92.7 cm³/mol. The van der Waals surface area contributed by atoms with E-state index in [9.17, 15) is 9.18 Å². The van der Waals surface area contributed by atoms with Gasteiger partial charge in [-0.15, -0.1) is 11.3 Å². The number of piperazine rings is 1. The summed E-state index contributed by atoms with van der Waals surface area (Å²) >= 11 is 1.35. The van der Waals surface area contributed by atoms with Crippen LogP contribution in [0.5, 0.6) is 0 Å². The summed E-state index contributed by atoms with van der Waals surface area (Å²) in [4.78, 5) is 16.4. The van der Waals surface area contributed by atoms with Gasteiger partial charge in [-0.25, -0.2) is 4.39 Å². The quantitative estimate of drug-likeness (QED) is 0.926. The Morgan fingerprint density at radius 2 is 1.92 bits per heavy atom. The lowest BCUT2D eigenvalue weighted by atomic mass is 10.2. The Labute approximate surface area is 143 Å². The zero-order valence-electron chi connectivity index (χ0n) is 13.0. The standard InChI is InChI=1S/C17H17FN4OS/c18-14-1-3-15(4-2-14)22-8-6-21(7-9-22)12-16(23)20-17-13(11-19)5-10-24-17/h1-5,10H,6-9,12H2,(H,20,23). The van der Waals surface area contributed by atoms with E-state index in [0.29, 0.717) is 17.1 Å². The summed E-state index contributed by atoms with van der Waals surface area (Å²) in [7, 11) is 0. The highest BCUT2D eigenvalue weighted by atomic mass is 32.1. The molecule has 1 aliphatic rings. The molecule has 0 radical (unpaired) electrons. The van der Waals surface area contributed by atoms with Gasteiger partial charge in [0.05, 0.1) is 12.1 Å². The van der Waals surface area contributed by atoms with Crippen LogP contribution in [-0.2, 0) is 4.79 Å². The van der Waals surface area contributed by atoms with E-state index in [1.54, 1.807) is 23.6 Å². The Morgan fingerprint density at radius 3 is 2.58 bits per heavy atom. The first-order valence-corrected chi connectivity index (χ1v) is 8.54. The Kier molecular flexibility index (Phi) is 5.08. The van der Waals surface area contributed by atoms with Crippen LogP contribution in [-0.4, -0.2) is 43.5 Å². The first kappa shape index (κ1) is 16.4. The zero-order chi connectivity index (χ0) is 16.9. The van der Waals surface area contributed by atoms with Crippen LogP contribution in [0.1, 0.15) is 5.56 Å². The third-order valence-electron chi connectivity index (χ3n) is 3.97. The molecule has 0 bridgehead atoms. The maximum absolute atomic E-state index is 13.0. The number of amides is 1. The lowest BCUT2D eigenvalue weighted by Crippen LogP contribution is -2.48. The fraction of sp³-hybridized carbons (Fsp3) is 0.294. The molecule has 0 atom stereocenters. The number of nitrogens with one attached hydrogen (secondary N) is 1. The van der Waals surface area contributed by atoms with Crippen LogP contribution in [0.15, 0.2) is 35.7 Å². The minimum absolute atomic E-state index is 0.107. The molecule has 1 aromatic heterocycles. The molecule has 24 heavy (non-hydrogen) atoms. The smallest absolute Gasteiger partial charge is 0.239 e. The summed E-state index contributed by atoms with van der Waals surface area (Å²) in [5.74, 6) is -0.344. The van der Waals surface area contributed by atoms with Crippen LogP contribution >= 0.6 is 11.3 Å². The second-order valence-electron chi connectivity index (χ2n) is 5.56. The van der Waals surface area contributed by atoms with Crippen molar-refractivity contribution in [2.24, 2.45) is 0 Å². The number of halogens is 1. The molecular formula is C17H17FN4OS. The summed E-state index contributed by atoms with van der Waals surface area (Å²) in [5.41, 5.74) is 1.49. The lowest BCUT2D eigenvalue weighted by Gasteiger charge is -2.35. The second kappa shape index (κ2) is 7.43. The van der Waals surface area contributed by atoms with Crippen molar-refractivity contribution in [1.82, 2.24) is 4.90 Å². The van der Waals surface area contributed by atoms with Crippen molar-refractivity contribution in [3.05, 3.63) is 47.1 Å². The molecule has 124 valence electrons. The van der Waals surface area contributed by atoms with E-state index in [4.69, 9.17) is 5.26 Å². The number of carbonyl (C=O) groups excluding carboxylic acids is 1. The monoisotopic (exact) mass is 344 g/mol. The van der Waals surface area contributed by atoms with Crippen LogP contribution in [0.3, 0.4) is 0 Å². The van der Waals surface area contributed by atoms with E-state index in [-0.39, 0.29) is 11.7 Å². The maximum atomic E-state index is 13.0. The third-order valence-corrected chi connectivity index (χ3v) is 4.80. The number of rotatable bonds is 4. The Bertz CT molecular complexity index is 745. The van der Waals surface area contributed by atoms with Gasteiger partial charge in [-0.1, -0.05) is 0 Å². The van der Waals surface area contributed by atoms with Crippen molar-refractivity contribution in [2.45, 2.75) is 0 Å². The van der Waals surface area contributed by atoms with E-state index >= 15 is 0 Å². The summed E-state index contributed by atoms with van der Waals surface area (Å²) in [6.45, 7) is 3.42. The van der Waals surface area contributed by atoms with Gasteiger partial charge >= 0.3 is 0 Å². The van der Waals surface area contributed by atoms with E-state index in [0.717, 1.165) is 31.9 Å². The summed E-state index contributed by atoms with van der Waals surface area (Å²) < 4.78 is 13.0. The molecule has 1 aromatic carbocycles. The fourth-order valence-corrected chi connectivity index (χ4v) is 3.43. The Morgan fingerprint density at radius 1 is 1.21 bits per heavy atom. The molecule has 1 saturated heterocycles.